The highest BCUT2D eigenvalue weighted by atomic mass is 16.5. The molecular formula is C15H20N2O2. The second kappa shape index (κ2) is 8.08. The van der Waals surface area contributed by atoms with Crippen molar-refractivity contribution in [1.29, 1.82) is 0 Å². The predicted octanol–water partition coefficient (Wildman–Crippen LogP) is 3.16. The summed E-state index contributed by atoms with van der Waals surface area (Å²) in [7, 11) is 0. The third kappa shape index (κ3) is 5.38. The molecule has 0 aliphatic rings. The molecule has 1 rings (SSSR count). The van der Waals surface area contributed by atoms with Crippen LogP contribution in [0.1, 0.15) is 37.0 Å². The van der Waals surface area contributed by atoms with E-state index in [0.29, 0.717) is 17.9 Å². The molecule has 0 saturated carbocycles. The molecule has 0 saturated heterocycles. The second-order valence-electron chi connectivity index (χ2n) is 4.16. The van der Waals surface area contributed by atoms with Crippen molar-refractivity contribution < 1.29 is 9.53 Å². The minimum Gasteiger partial charge on any atom is -0.490 e. The largest absolute Gasteiger partial charge is 0.490 e. The van der Waals surface area contributed by atoms with Gasteiger partial charge in [0.2, 0.25) is 0 Å². The number of benzene rings is 1. The maximum Gasteiger partial charge on any atom is 0.271 e. The lowest BCUT2D eigenvalue weighted by Gasteiger charge is -2.05. The molecule has 0 radical (unpaired) electrons. The number of carbonyl (C=O) groups excluding carboxylic acids is 1. The molecule has 0 aliphatic heterocycles. The van der Waals surface area contributed by atoms with Crippen molar-refractivity contribution in [2.24, 2.45) is 5.10 Å². The lowest BCUT2D eigenvalue weighted by Crippen LogP contribution is -2.18. The van der Waals surface area contributed by atoms with Gasteiger partial charge in [-0.1, -0.05) is 26.0 Å². The normalized spacial score (nSPS) is 10.9. The number of hydrogen-bond acceptors (Lipinski definition) is 3. The first-order chi connectivity index (χ1) is 9.17. The van der Waals surface area contributed by atoms with Crippen LogP contribution in [0.2, 0.25) is 0 Å². The van der Waals surface area contributed by atoms with Gasteiger partial charge in [0.15, 0.2) is 0 Å². The molecule has 1 amide bonds. The van der Waals surface area contributed by atoms with Crippen molar-refractivity contribution in [2.75, 3.05) is 6.61 Å². The Morgan fingerprint density at radius 1 is 1.42 bits per heavy atom. The smallest absolute Gasteiger partial charge is 0.271 e. The van der Waals surface area contributed by atoms with Crippen LogP contribution in [0.4, 0.5) is 0 Å². The number of ether oxygens (including phenoxy) is 1. The number of hydrogen-bond donors (Lipinski definition) is 1. The molecule has 0 spiro atoms. The van der Waals surface area contributed by atoms with E-state index >= 15 is 0 Å². The van der Waals surface area contributed by atoms with Crippen LogP contribution < -0.4 is 10.2 Å². The lowest BCUT2D eigenvalue weighted by atomic mass is 10.2. The van der Waals surface area contributed by atoms with Crippen LogP contribution in [0, 0.1) is 0 Å². The zero-order chi connectivity index (χ0) is 14.1. The van der Waals surface area contributed by atoms with Crippen LogP contribution in [-0.2, 0) is 0 Å². The molecule has 4 heteroatoms. The van der Waals surface area contributed by atoms with Gasteiger partial charge in [0.05, 0.1) is 0 Å². The number of carbonyl (C=O) groups is 1. The van der Waals surface area contributed by atoms with Crippen LogP contribution in [0.3, 0.4) is 0 Å². The number of nitrogens with one attached hydrogen (secondary N) is 1. The van der Waals surface area contributed by atoms with Gasteiger partial charge in [0, 0.05) is 11.3 Å². The van der Waals surface area contributed by atoms with E-state index in [0.717, 1.165) is 18.6 Å². The molecule has 4 nitrogen and oxygen atoms in total. The Kier molecular flexibility index (Phi) is 6.36. The molecule has 0 heterocycles. The van der Waals surface area contributed by atoms with Crippen molar-refractivity contribution in [3.05, 3.63) is 42.5 Å². The maximum atomic E-state index is 11.8. The highest BCUT2D eigenvalue weighted by Crippen LogP contribution is 2.12. The lowest BCUT2D eigenvalue weighted by molar-refractivity contribution is 0.0954. The molecule has 0 unspecified atom stereocenters. The van der Waals surface area contributed by atoms with Crippen LogP contribution in [0.25, 0.3) is 0 Å². The monoisotopic (exact) mass is 260 g/mol. The quantitative estimate of drug-likeness (QED) is 0.465. The Balaban J connectivity index is 2.57. The van der Waals surface area contributed by atoms with Gasteiger partial charge >= 0.3 is 0 Å². The molecule has 1 aromatic carbocycles. The molecule has 0 aromatic heterocycles. The average Bonchev–Trinajstić information content (AvgIpc) is 2.43. The Labute approximate surface area is 114 Å². The van der Waals surface area contributed by atoms with Crippen molar-refractivity contribution >= 4 is 11.6 Å². The van der Waals surface area contributed by atoms with Crippen LogP contribution in [0.15, 0.2) is 42.0 Å². The van der Waals surface area contributed by atoms with Gasteiger partial charge < -0.3 is 4.74 Å². The molecule has 19 heavy (non-hydrogen) atoms. The Bertz CT molecular complexity index is 450. The highest BCUT2D eigenvalue weighted by molar-refractivity contribution is 5.95. The molecule has 1 aromatic rings. The van der Waals surface area contributed by atoms with Gasteiger partial charge in [-0.2, -0.15) is 5.10 Å². The van der Waals surface area contributed by atoms with Crippen molar-refractivity contribution in [3.63, 3.8) is 0 Å². The topological polar surface area (TPSA) is 50.7 Å². The molecule has 102 valence electrons. The van der Waals surface area contributed by atoms with Gasteiger partial charge in [-0.3, -0.25) is 4.79 Å². The predicted molar refractivity (Wildman–Crippen MR) is 77.6 cm³/mol. The van der Waals surface area contributed by atoms with E-state index < -0.39 is 0 Å². The zero-order valence-electron chi connectivity index (χ0n) is 11.5. The fourth-order valence-electron chi connectivity index (χ4n) is 1.49. The number of hydrazone groups is 1. The van der Waals surface area contributed by atoms with Gasteiger partial charge in [0.1, 0.15) is 12.4 Å². The highest BCUT2D eigenvalue weighted by Gasteiger charge is 2.04. The molecule has 0 fully saturated rings. The first kappa shape index (κ1) is 15.0. The van der Waals surface area contributed by atoms with E-state index in [4.69, 9.17) is 4.74 Å². The third-order valence-electron chi connectivity index (χ3n) is 2.44. The standard InChI is InChI=1S/C15H20N2O2/c1-4-6-12(3)16-17-15(18)13-7-9-14(10-8-13)19-11-5-2/h5,7-10H,2,4,6,11H2,1,3H3,(H,17,18)/b16-12+. The molecule has 0 aliphatic carbocycles. The third-order valence-corrected chi connectivity index (χ3v) is 2.44. The van der Waals surface area contributed by atoms with Gasteiger partial charge in [0.25, 0.3) is 5.91 Å². The Morgan fingerprint density at radius 2 is 2.11 bits per heavy atom. The first-order valence-corrected chi connectivity index (χ1v) is 6.34. The van der Waals surface area contributed by atoms with E-state index in [9.17, 15) is 4.79 Å². The Hall–Kier alpha value is -2.10. The van der Waals surface area contributed by atoms with E-state index in [2.05, 4.69) is 24.0 Å². The number of nitrogens with zero attached hydrogens (tertiary/aromatic N) is 1. The summed E-state index contributed by atoms with van der Waals surface area (Å²) in [5.41, 5.74) is 4.01. The van der Waals surface area contributed by atoms with Gasteiger partial charge in [-0.15, -0.1) is 0 Å². The summed E-state index contributed by atoms with van der Waals surface area (Å²) in [5, 5.41) is 4.03. The zero-order valence-corrected chi connectivity index (χ0v) is 11.5. The molecule has 1 N–H and O–H groups in total. The van der Waals surface area contributed by atoms with Crippen molar-refractivity contribution in [1.82, 2.24) is 5.43 Å². The van der Waals surface area contributed by atoms with E-state index in [1.54, 1.807) is 30.3 Å². The molecular weight excluding hydrogens is 240 g/mol. The Morgan fingerprint density at radius 3 is 2.68 bits per heavy atom. The summed E-state index contributed by atoms with van der Waals surface area (Å²) in [5.74, 6) is 0.493. The number of amides is 1. The van der Waals surface area contributed by atoms with Crippen LogP contribution in [0.5, 0.6) is 5.75 Å². The minimum absolute atomic E-state index is 0.217. The van der Waals surface area contributed by atoms with Crippen LogP contribution >= 0.6 is 0 Å². The van der Waals surface area contributed by atoms with Gasteiger partial charge in [-0.25, -0.2) is 5.43 Å². The first-order valence-electron chi connectivity index (χ1n) is 6.34. The maximum absolute atomic E-state index is 11.8. The summed E-state index contributed by atoms with van der Waals surface area (Å²) in [4.78, 5) is 11.8. The van der Waals surface area contributed by atoms with Crippen LogP contribution in [-0.4, -0.2) is 18.2 Å². The second-order valence-corrected chi connectivity index (χ2v) is 4.16. The molecule has 0 atom stereocenters. The van der Waals surface area contributed by atoms with Crippen molar-refractivity contribution in [2.45, 2.75) is 26.7 Å². The fourth-order valence-corrected chi connectivity index (χ4v) is 1.49. The van der Waals surface area contributed by atoms with Crippen molar-refractivity contribution in [3.8, 4) is 5.75 Å². The average molecular weight is 260 g/mol. The van der Waals surface area contributed by atoms with E-state index in [-0.39, 0.29) is 5.91 Å². The summed E-state index contributed by atoms with van der Waals surface area (Å²) in [6.07, 6.45) is 3.57. The fraction of sp³-hybridized carbons (Fsp3) is 0.333. The van der Waals surface area contributed by atoms with E-state index in [1.165, 1.54) is 0 Å². The summed E-state index contributed by atoms with van der Waals surface area (Å²) in [6, 6.07) is 6.92. The number of rotatable bonds is 7. The summed E-state index contributed by atoms with van der Waals surface area (Å²) >= 11 is 0. The minimum atomic E-state index is -0.217. The summed E-state index contributed by atoms with van der Waals surface area (Å²) in [6.45, 7) is 8.00. The van der Waals surface area contributed by atoms with Gasteiger partial charge in [-0.05, 0) is 37.6 Å². The molecule has 0 bridgehead atoms. The SMILES string of the molecule is C=CCOc1ccc(C(=O)N/N=C(\C)CCC)cc1. The summed E-state index contributed by atoms with van der Waals surface area (Å²) < 4.78 is 5.34. The van der Waals surface area contributed by atoms with E-state index in [1.807, 2.05) is 6.92 Å².